The molecule has 0 aromatic heterocycles. The summed E-state index contributed by atoms with van der Waals surface area (Å²) in [5.74, 6) is 0. The smallest absolute Gasteiger partial charge is 0.0520 e. The van der Waals surface area contributed by atoms with Crippen LogP contribution in [0.3, 0.4) is 0 Å². The SMILES string of the molecule is Cc1ccc(N(c2ccc(N(c3ccccc3)c3c(C)cc(C(C)(C)C)cc3C)cc2)c2c(C)cc(C(C)(C)C)cc2C)cc1. The minimum Gasteiger partial charge on any atom is -0.310 e. The number of hydrogen-bond donors (Lipinski definition) is 0. The van der Waals surface area contributed by atoms with E-state index in [1.807, 2.05) is 0 Å². The standard InChI is InChI=1S/C43H50N2/c1-29-17-19-37(20-18-29)45(41-32(4)27-35(28-33(41)5)43(9,10)11)39-23-21-38(22-24-39)44(36-15-13-12-14-16-36)40-30(2)25-34(26-31(40)3)42(6,7)8/h12-28H,1-11H3. The normalized spacial score (nSPS) is 11.9. The highest BCUT2D eigenvalue weighted by Crippen LogP contribution is 2.44. The Labute approximate surface area is 272 Å². The fraction of sp³-hybridized carbons (Fsp3) is 0.302. The van der Waals surface area contributed by atoms with Crippen LogP contribution >= 0.6 is 0 Å². The minimum atomic E-state index is 0.0899. The molecule has 5 aromatic carbocycles. The Morgan fingerprint density at radius 1 is 0.378 bits per heavy atom. The molecule has 0 aliphatic heterocycles. The van der Waals surface area contributed by atoms with Crippen molar-refractivity contribution in [3.05, 3.63) is 142 Å². The van der Waals surface area contributed by atoms with Gasteiger partial charge in [-0.2, -0.15) is 0 Å². The summed E-state index contributed by atoms with van der Waals surface area (Å²) in [6.45, 7) is 24.8. The molecule has 2 heteroatoms. The average molecular weight is 595 g/mol. The zero-order valence-corrected chi connectivity index (χ0v) is 29.2. The third-order valence-corrected chi connectivity index (χ3v) is 8.83. The summed E-state index contributed by atoms with van der Waals surface area (Å²) in [6.07, 6.45) is 0. The lowest BCUT2D eigenvalue weighted by Gasteiger charge is -2.32. The van der Waals surface area contributed by atoms with E-state index in [2.05, 4.69) is 189 Å². The van der Waals surface area contributed by atoms with E-state index >= 15 is 0 Å². The maximum absolute atomic E-state index is 2.42. The first-order chi connectivity index (χ1) is 21.1. The second kappa shape index (κ2) is 12.2. The van der Waals surface area contributed by atoms with Gasteiger partial charge in [-0.3, -0.25) is 0 Å². The molecule has 0 unspecified atom stereocenters. The van der Waals surface area contributed by atoms with E-state index < -0.39 is 0 Å². The second-order valence-corrected chi connectivity index (χ2v) is 14.8. The van der Waals surface area contributed by atoms with E-state index in [0.29, 0.717) is 0 Å². The number of rotatable bonds is 6. The molecule has 0 saturated heterocycles. The van der Waals surface area contributed by atoms with Gasteiger partial charge in [-0.05, 0) is 127 Å². The van der Waals surface area contributed by atoms with E-state index in [1.165, 1.54) is 50.3 Å². The predicted molar refractivity (Wildman–Crippen MR) is 197 cm³/mol. The maximum Gasteiger partial charge on any atom is 0.0520 e. The number of anilines is 6. The Bertz CT molecular complexity index is 1740. The Morgan fingerprint density at radius 3 is 0.978 bits per heavy atom. The third kappa shape index (κ3) is 6.71. The van der Waals surface area contributed by atoms with Crippen LogP contribution in [0.2, 0.25) is 0 Å². The van der Waals surface area contributed by atoms with Crippen LogP contribution in [0.25, 0.3) is 0 Å². The van der Waals surface area contributed by atoms with Gasteiger partial charge in [0.25, 0.3) is 0 Å². The van der Waals surface area contributed by atoms with Crippen LogP contribution in [0, 0.1) is 34.6 Å². The highest BCUT2D eigenvalue weighted by Gasteiger charge is 2.24. The first kappa shape index (κ1) is 32.1. The molecule has 0 bridgehead atoms. The van der Waals surface area contributed by atoms with E-state index in [-0.39, 0.29) is 10.8 Å². The van der Waals surface area contributed by atoms with Crippen LogP contribution in [-0.4, -0.2) is 0 Å². The van der Waals surface area contributed by atoms with Crippen molar-refractivity contribution in [1.29, 1.82) is 0 Å². The molecular formula is C43H50N2. The van der Waals surface area contributed by atoms with Crippen molar-refractivity contribution >= 4 is 34.1 Å². The van der Waals surface area contributed by atoms with E-state index in [0.717, 1.165) is 22.7 Å². The second-order valence-electron chi connectivity index (χ2n) is 14.8. The molecule has 0 aliphatic carbocycles. The van der Waals surface area contributed by atoms with Gasteiger partial charge in [0, 0.05) is 22.7 Å². The molecule has 0 radical (unpaired) electrons. The van der Waals surface area contributed by atoms with Crippen LogP contribution in [0.1, 0.15) is 80.5 Å². The minimum absolute atomic E-state index is 0.0899. The summed E-state index contributed by atoms with van der Waals surface area (Å²) >= 11 is 0. The van der Waals surface area contributed by atoms with Gasteiger partial charge in [-0.25, -0.2) is 0 Å². The Balaban J connectivity index is 1.66. The van der Waals surface area contributed by atoms with Crippen LogP contribution in [0.5, 0.6) is 0 Å². The van der Waals surface area contributed by atoms with Gasteiger partial charge in [0.15, 0.2) is 0 Å². The summed E-state index contributed by atoms with van der Waals surface area (Å²) < 4.78 is 0. The maximum atomic E-state index is 2.42. The lowest BCUT2D eigenvalue weighted by molar-refractivity contribution is 0.589. The van der Waals surface area contributed by atoms with Crippen LogP contribution in [-0.2, 0) is 10.8 Å². The molecule has 0 N–H and O–H groups in total. The monoisotopic (exact) mass is 594 g/mol. The van der Waals surface area contributed by atoms with Gasteiger partial charge in [-0.15, -0.1) is 0 Å². The van der Waals surface area contributed by atoms with Crippen LogP contribution in [0.4, 0.5) is 34.1 Å². The van der Waals surface area contributed by atoms with E-state index in [1.54, 1.807) is 0 Å². The predicted octanol–water partition coefficient (Wildman–Crippen LogP) is 12.8. The van der Waals surface area contributed by atoms with Crippen molar-refractivity contribution in [2.24, 2.45) is 0 Å². The third-order valence-electron chi connectivity index (χ3n) is 8.83. The molecule has 0 fully saturated rings. The van der Waals surface area contributed by atoms with Crippen molar-refractivity contribution in [2.75, 3.05) is 9.80 Å². The molecule has 0 atom stereocenters. The van der Waals surface area contributed by atoms with Crippen molar-refractivity contribution in [1.82, 2.24) is 0 Å². The Kier molecular flexibility index (Phi) is 8.73. The molecule has 5 aromatic rings. The molecule has 0 heterocycles. The van der Waals surface area contributed by atoms with E-state index in [4.69, 9.17) is 0 Å². The molecule has 0 spiro atoms. The van der Waals surface area contributed by atoms with Gasteiger partial charge < -0.3 is 9.80 Å². The molecule has 0 saturated carbocycles. The molecule has 5 rings (SSSR count). The van der Waals surface area contributed by atoms with Crippen molar-refractivity contribution < 1.29 is 0 Å². The van der Waals surface area contributed by atoms with Gasteiger partial charge in [-0.1, -0.05) is 102 Å². The molecule has 2 nitrogen and oxygen atoms in total. The number of para-hydroxylation sites is 1. The van der Waals surface area contributed by atoms with Gasteiger partial charge >= 0.3 is 0 Å². The summed E-state index contributed by atoms with van der Waals surface area (Å²) in [7, 11) is 0. The van der Waals surface area contributed by atoms with E-state index in [9.17, 15) is 0 Å². The highest BCUT2D eigenvalue weighted by atomic mass is 15.2. The number of hydrogen-bond acceptors (Lipinski definition) is 2. The van der Waals surface area contributed by atoms with Crippen molar-refractivity contribution in [2.45, 2.75) is 87.0 Å². The lowest BCUT2D eigenvalue weighted by Crippen LogP contribution is -2.17. The number of aryl methyl sites for hydroxylation is 5. The molecular weight excluding hydrogens is 544 g/mol. The average Bonchev–Trinajstić information content (AvgIpc) is 2.97. The van der Waals surface area contributed by atoms with Crippen molar-refractivity contribution in [3.63, 3.8) is 0 Å². The van der Waals surface area contributed by atoms with Gasteiger partial charge in [0.2, 0.25) is 0 Å². The fourth-order valence-corrected chi connectivity index (χ4v) is 6.32. The Morgan fingerprint density at radius 2 is 0.667 bits per heavy atom. The number of benzene rings is 5. The molecule has 0 aliphatic rings. The van der Waals surface area contributed by atoms with Crippen molar-refractivity contribution in [3.8, 4) is 0 Å². The highest BCUT2D eigenvalue weighted by molar-refractivity contribution is 5.84. The number of nitrogens with zero attached hydrogens (tertiary/aromatic N) is 2. The van der Waals surface area contributed by atoms with Gasteiger partial charge in [0.05, 0.1) is 11.4 Å². The summed E-state index contributed by atoms with van der Waals surface area (Å²) in [5, 5.41) is 0. The van der Waals surface area contributed by atoms with Gasteiger partial charge in [0.1, 0.15) is 0 Å². The topological polar surface area (TPSA) is 6.48 Å². The fourth-order valence-electron chi connectivity index (χ4n) is 6.32. The quantitative estimate of drug-likeness (QED) is 0.193. The molecule has 0 amide bonds. The summed E-state index contributed by atoms with van der Waals surface area (Å²) in [6, 6.07) is 38.1. The summed E-state index contributed by atoms with van der Waals surface area (Å²) in [4.78, 5) is 4.83. The van der Waals surface area contributed by atoms with Crippen LogP contribution < -0.4 is 9.80 Å². The lowest BCUT2D eigenvalue weighted by atomic mass is 9.84. The van der Waals surface area contributed by atoms with Crippen LogP contribution in [0.15, 0.2) is 103 Å². The molecule has 45 heavy (non-hydrogen) atoms. The summed E-state index contributed by atoms with van der Waals surface area (Å²) in [5.41, 5.74) is 16.3. The zero-order chi connectivity index (χ0) is 32.7. The zero-order valence-electron chi connectivity index (χ0n) is 29.2. The Hall–Kier alpha value is -4.30. The molecule has 232 valence electrons. The largest absolute Gasteiger partial charge is 0.310 e. The first-order valence-corrected chi connectivity index (χ1v) is 16.2. The first-order valence-electron chi connectivity index (χ1n) is 16.2.